The highest BCUT2D eigenvalue weighted by atomic mass is 32.1. The minimum absolute atomic E-state index is 0.121. The first-order chi connectivity index (χ1) is 15.9. The number of carbonyl (C=O) groups is 2. The maximum Gasteiger partial charge on any atom is 0.266 e. The quantitative estimate of drug-likeness (QED) is 0.620. The average Bonchev–Trinajstić information content (AvgIpc) is 3.16. The van der Waals surface area contributed by atoms with Gasteiger partial charge >= 0.3 is 0 Å². The number of nitrogens with one attached hydrogen (secondary N) is 1. The smallest absolute Gasteiger partial charge is 0.266 e. The molecule has 2 aromatic heterocycles. The fourth-order valence-corrected chi connectivity index (χ4v) is 5.52. The molecule has 0 saturated carbocycles. The molecule has 1 aliphatic carbocycles. The van der Waals surface area contributed by atoms with Crippen LogP contribution in [0.1, 0.15) is 39.3 Å². The van der Waals surface area contributed by atoms with E-state index in [0.29, 0.717) is 34.1 Å². The standard InChI is InChI=1S/C25H25N5O2S/c1-15-16(2)28-29-23-19(15)20(26)21(33-23)24(32)30-13-25(14-30,18-11-7-4-8-12-18)27-22(31)17-9-5-3-6-10-17/h4-5,7-12H,3,6,13-14,26H2,1-2H3,(H,27,31). The number of carbonyl (C=O) groups excluding carboxylic acids is 2. The molecule has 1 aromatic carbocycles. The predicted molar refractivity (Wildman–Crippen MR) is 130 cm³/mol. The molecule has 1 fully saturated rings. The van der Waals surface area contributed by atoms with Crippen LogP contribution in [0.2, 0.25) is 0 Å². The van der Waals surface area contributed by atoms with Gasteiger partial charge in [0.2, 0.25) is 0 Å². The van der Waals surface area contributed by atoms with Crippen molar-refractivity contribution in [2.45, 2.75) is 32.2 Å². The Morgan fingerprint density at radius 1 is 1.12 bits per heavy atom. The van der Waals surface area contributed by atoms with Crippen LogP contribution in [0.4, 0.5) is 5.69 Å². The maximum atomic E-state index is 13.4. The molecule has 168 valence electrons. The largest absolute Gasteiger partial charge is 0.397 e. The van der Waals surface area contributed by atoms with Crippen molar-refractivity contribution in [1.82, 2.24) is 20.4 Å². The van der Waals surface area contributed by atoms with Gasteiger partial charge in [-0.2, -0.15) is 5.10 Å². The fourth-order valence-electron chi connectivity index (χ4n) is 4.45. The number of aromatic nitrogens is 2. The number of nitrogen functional groups attached to an aromatic ring is 1. The summed E-state index contributed by atoms with van der Waals surface area (Å²) in [6.45, 7) is 4.56. The molecule has 3 heterocycles. The molecule has 2 aliphatic rings. The van der Waals surface area contributed by atoms with Crippen molar-refractivity contribution in [2.75, 3.05) is 18.8 Å². The summed E-state index contributed by atoms with van der Waals surface area (Å²) in [7, 11) is 0. The van der Waals surface area contributed by atoms with Gasteiger partial charge in [0.05, 0.1) is 24.5 Å². The average molecular weight is 460 g/mol. The molecule has 0 atom stereocenters. The van der Waals surface area contributed by atoms with Gasteiger partial charge in [0.1, 0.15) is 15.2 Å². The predicted octanol–water partition coefficient (Wildman–Crippen LogP) is 3.63. The van der Waals surface area contributed by atoms with E-state index in [4.69, 9.17) is 5.73 Å². The SMILES string of the molecule is Cc1nnc2sc(C(=O)N3CC(NC(=O)C4=CCCC=C4)(c4ccccc4)C3)c(N)c2c1C. The molecule has 33 heavy (non-hydrogen) atoms. The summed E-state index contributed by atoms with van der Waals surface area (Å²) in [5, 5.41) is 12.4. The summed E-state index contributed by atoms with van der Waals surface area (Å²) in [5.74, 6) is -0.269. The number of hydrogen-bond donors (Lipinski definition) is 2. The third-order valence-corrected chi connectivity index (χ3v) is 7.55. The Bertz CT molecular complexity index is 1320. The monoisotopic (exact) mass is 459 g/mol. The lowest BCUT2D eigenvalue weighted by atomic mass is 9.81. The van der Waals surface area contributed by atoms with Crippen molar-refractivity contribution in [3.8, 4) is 0 Å². The number of nitrogens with zero attached hydrogens (tertiary/aromatic N) is 3. The van der Waals surface area contributed by atoms with Crippen LogP contribution in [0.15, 0.2) is 54.1 Å². The van der Waals surface area contributed by atoms with E-state index >= 15 is 0 Å². The Balaban J connectivity index is 1.42. The van der Waals surface area contributed by atoms with E-state index in [0.717, 1.165) is 35.0 Å². The molecule has 0 spiro atoms. The number of likely N-dealkylation sites (tertiary alicyclic amines) is 1. The Morgan fingerprint density at radius 2 is 1.88 bits per heavy atom. The number of allylic oxidation sites excluding steroid dienone is 2. The van der Waals surface area contributed by atoms with Crippen LogP contribution in [-0.4, -0.2) is 40.0 Å². The maximum absolute atomic E-state index is 13.4. The van der Waals surface area contributed by atoms with Gasteiger partial charge in [-0.1, -0.05) is 48.6 Å². The molecule has 8 heteroatoms. The second-order valence-corrected chi connectivity index (χ2v) is 9.64. The fraction of sp³-hybridized carbons (Fsp3) is 0.280. The zero-order chi connectivity index (χ0) is 23.2. The zero-order valence-corrected chi connectivity index (χ0v) is 19.4. The normalized spacial score (nSPS) is 16.9. The van der Waals surface area contributed by atoms with Gasteiger partial charge in [0.25, 0.3) is 11.8 Å². The van der Waals surface area contributed by atoms with E-state index in [-0.39, 0.29) is 11.8 Å². The first-order valence-electron chi connectivity index (χ1n) is 11.0. The number of hydrogen-bond acceptors (Lipinski definition) is 6. The van der Waals surface area contributed by atoms with Gasteiger partial charge in [-0.15, -0.1) is 16.4 Å². The summed E-state index contributed by atoms with van der Waals surface area (Å²) in [4.78, 5) is 29.3. The van der Waals surface area contributed by atoms with Crippen LogP contribution in [0, 0.1) is 13.8 Å². The first kappa shape index (κ1) is 21.3. The van der Waals surface area contributed by atoms with Gasteiger partial charge in [0, 0.05) is 11.0 Å². The van der Waals surface area contributed by atoms with Crippen LogP contribution < -0.4 is 11.1 Å². The lowest BCUT2D eigenvalue weighted by Gasteiger charge is -2.50. The second kappa shape index (κ2) is 8.12. The molecule has 0 radical (unpaired) electrons. The Labute approximate surface area is 196 Å². The number of rotatable bonds is 4. The summed E-state index contributed by atoms with van der Waals surface area (Å²) in [5.41, 5.74) is 9.59. The lowest BCUT2D eigenvalue weighted by molar-refractivity contribution is -0.121. The number of anilines is 1. The number of benzene rings is 1. The second-order valence-electron chi connectivity index (χ2n) is 8.64. The third-order valence-electron chi connectivity index (χ3n) is 6.47. The van der Waals surface area contributed by atoms with E-state index in [1.807, 2.05) is 62.4 Å². The first-order valence-corrected chi connectivity index (χ1v) is 11.8. The summed E-state index contributed by atoms with van der Waals surface area (Å²) >= 11 is 1.27. The Hall–Kier alpha value is -3.52. The lowest BCUT2D eigenvalue weighted by Crippen LogP contribution is -2.69. The van der Waals surface area contributed by atoms with Crippen LogP contribution in [0.3, 0.4) is 0 Å². The van der Waals surface area contributed by atoms with Crippen molar-refractivity contribution in [3.05, 3.63) is 75.8 Å². The Kier molecular flexibility index (Phi) is 5.25. The highest BCUT2D eigenvalue weighted by molar-refractivity contribution is 7.21. The molecule has 3 N–H and O–H groups in total. The minimum atomic E-state index is -0.641. The van der Waals surface area contributed by atoms with E-state index < -0.39 is 5.54 Å². The molecule has 1 aliphatic heterocycles. The van der Waals surface area contributed by atoms with Gasteiger partial charge < -0.3 is 16.0 Å². The molecular formula is C25H25N5O2S. The number of aryl methyl sites for hydroxylation is 2. The van der Waals surface area contributed by atoms with E-state index in [9.17, 15) is 9.59 Å². The highest BCUT2D eigenvalue weighted by Crippen LogP contribution is 2.39. The molecular weight excluding hydrogens is 434 g/mol. The summed E-state index contributed by atoms with van der Waals surface area (Å²) in [6.07, 6.45) is 7.64. The number of amides is 2. The van der Waals surface area contributed by atoms with Crippen LogP contribution in [-0.2, 0) is 10.3 Å². The molecule has 3 aromatic rings. The molecule has 5 rings (SSSR count). The third kappa shape index (κ3) is 3.60. The van der Waals surface area contributed by atoms with Crippen molar-refractivity contribution in [2.24, 2.45) is 0 Å². The minimum Gasteiger partial charge on any atom is -0.397 e. The highest BCUT2D eigenvalue weighted by Gasteiger charge is 2.48. The van der Waals surface area contributed by atoms with E-state index in [1.165, 1.54) is 11.3 Å². The number of thiophene rings is 1. The van der Waals surface area contributed by atoms with E-state index in [1.54, 1.807) is 4.90 Å². The van der Waals surface area contributed by atoms with Gasteiger partial charge in [-0.25, -0.2) is 0 Å². The van der Waals surface area contributed by atoms with Crippen molar-refractivity contribution in [1.29, 1.82) is 0 Å². The van der Waals surface area contributed by atoms with Crippen molar-refractivity contribution >= 4 is 39.1 Å². The van der Waals surface area contributed by atoms with Gasteiger partial charge in [-0.3, -0.25) is 9.59 Å². The van der Waals surface area contributed by atoms with Crippen LogP contribution >= 0.6 is 11.3 Å². The van der Waals surface area contributed by atoms with Crippen molar-refractivity contribution in [3.63, 3.8) is 0 Å². The summed E-state index contributed by atoms with van der Waals surface area (Å²) < 4.78 is 0. The molecule has 0 unspecified atom stereocenters. The molecule has 7 nitrogen and oxygen atoms in total. The number of fused-ring (bicyclic) bond motifs is 1. The van der Waals surface area contributed by atoms with E-state index in [2.05, 4.69) is 15.5 Å². The summed E-state index contributed by atoms with van der Waals surface area (Å²) in [6, 6.07) is 9.81. The zero-order valence-electron chi connectivity index (χ0n) is 18.6. The van der Waals surface area contributed by atoms with Crippen LogP contribution in [0.25, 0.3) is 10.2 Å². The topological polar surface area (TPSA) is 101 Å². The molecule has 0 bridgehead atoms. The van der Waals surface area contributed by atoms with Crippen LogP contribution in [0.5, 0.6) is 0 Å². The number of nitrogens with two attached hydrogens (primary N) is 1. The van der Waals surface area contributed by atoms with Gasteiger partial charge in [-0.05, 0) is 37.8 Å². The molecule has 1 saturated heterocycles. The van der Waals surface area contributed by atoms with Crippen molar-refractivity contribution < 1.29 is 9.59 Å². The molecule has 2 amide bonds. The van der Waals surface area contributed by atoms with Gasteiger partial charge in [0.15, 0.2) is 0 Å². The Morgan fingerprint density at radius 3 is 2.58 bits per heavy atom.